The first kappa shape index (κ1) is 19.0. The second kappa shape index (κ2) is 8.73. The Labute approximate surface area is 163 Å². The summed E-state index contributed by atoms with van der Waals surface area (Å²) in [7, 11) is 0. The van der Waals surface area contributed by atoms with Crippen molar-refractivity contribution in [3.8, 4) is 11.8 Å². The van der Waals surface area contributed by atoms with Crippen LogP contribution in [0.5, 0.6) is 0 Å². The summed E-state index contributed by atoms with van der Waals surface area (Å²) in [6.07, 6.45) is 4.23. The smallest absolute Gasteiger partial charge is 0.244 e. The Balaban J connectivity index is 1.55. The lowest BCUT2D eigenvalue weighted by atomic mass is 10.1. The molecule has 0 spiro atoms. The number of nitriles is 1. The Hall–Kier alpha value is -3.79. The first-order valence-corrected chi connectivity index (χ1v) is 8.93. The van der Waals surface area contributed by atoms with Crippen LogP contribution in [0.1, 0.15) is 29.2 Å². The lowest BCUT2D eigenvalue weighted by Crippen LogP contribution is -2.22. The number of amides is 1. The molecule has 0 saturated carbocycles. The highest BCUT2D eigenvalue weighted by Gasteiger charge is 2.16. The highest BCUT2D eigenvalue weighted by atomic mass is 16.3. The van der Waals surface area contributed by atoms with E-state index < -0.39 is 0 Å². The van der Waals surface area contributed by atoms with Crippen LogP contribution in [0.2, 0.25) is 0 Å². The van der Waals surface area contributed by atoms with Crippen molar-refractivity contribution in [2.75, 3.05) is 12.3 Å². The van der Waals surface area contributed by atoms with E-state index in [0.717, 1.165) is 11.4 Å². The van der Waals surface area contributed by atoms with Gasteiger partial charge in [0, 0.05) is 12.6 Å². The van der Waals surface area contributed by atoms with Gasteiger partial charge in [0.15, 0.2) is 0 Å². The standard InChI is InChI=1S/C21H21N5O2/c1-15-9-10-17(28-15)11-12-20(27)24-13-5-8-19-18(14-22)21(23)26(25-19)16-6-3-2-4-7-16/h2-4,6-7,9-12H,5,8,13,23H2,1H3,(H,24,27)/b12-11+. The number of nitrogens with one attached hydrogen (secondary N) is 1. The fourth-order valence-corrected chi connectivity index (χ4v) is 2.77. The minimum absolute atomic E-state index is 0.205. The Morgan fingerprint density at radius 2 is 2.11 bits per heavy atom. The number of para-hydroxylation sites is 1. The van der Waals surface area contributed by atoms with Gasteiger partial charge in [-0.05, 0) is 50.1 Å². The minimum atomic E-state index is -0.205. The Morgan fingerprint density at radius 3 is 2.79 bits per heavy atom. The highest BCUT2D eigenvalue weighted by Crippen LogP contribution is 2.21. The molecule has 28 heavy (non-hydrogen) atoms. The van der Waals surface area contributed by atoms with Gasteiger partial charge in [-0.15, -0.1) is 0 Å². The van der Waals surface area contributed by atoms with Crippen molar-refractivity contribution < 1.29 is 9.21 Å². The molecule has 0 aliphatic heterocycles. The Morgan fingerprint density at radius 1 is 1.32 bits per heavy atom. The molecular formula is C21H21N5O2. The number of nitrogen functional groups attached to an aromatic ring is 1. The predicted molar refractivity (Wildman–Crippen MR) is 107 cm³/mol. The van der Waals surface area contributed by atoms with Crippen LogP contribution in [0, 0.1) is 18.3 Å². The predicted octanol–water partition coefficient (Wildman–Crippen LogP) is 2.99. The lowest BCUT2D eigenvalue weighted by molar-refractivity contribution is -0.116. The largest absolute Gasteiger partial charge is 0.462 e. The molecule has 2 aromatic heterocycles. The molecule has 2 heterocycles. The summed E-state index contributed by atoms with van der Waals surface area (Å²) in [5, 5.41) is 16.7. The number of furan rings is 1. The van der Waals surface area contributed by atoms with E-state index in [1.807, 2.05) is 43.3 Å². The summed E-state index contributed by atoms with van der Waals surface area (Å²) >= 11 is 0. The van der Waals surface area contributed by atoms with E-state index >= 15 is 0 Å². The SMILES string of the molecule is Cc1ccc(/C=C/C(=O)NCCCc2nn(-c3ccccc3)c(N)c2C#N)o1. The number of carbonyl (C=O) groups is 1. The Kier molecular flexibility index (Phi) is 5.92. The number of nitrogens with zero attached hydrogens (tertiary/aromatic N) is 3. The van der Waals surface area contributed by atoms with Crippen molar-refractivity contribution in [3.63, 3.8) is 0 Å². The molecule has 142 valence electrons. The summed E-state index contributed by atoms with van der Waals surface area (Å²) in [4.78, 5) is 11.9. The van der Waals surface area contributed by atoms with E-state index in [1.165, 1.54) is 6.08 Å². The molecule has 0 aliphatic rings. The van der Waals surface area contributed by atoms with E-state index in [-0.39, 0.29) is 5.91 Å². The van der Waals surface area contributed by atoms with Crippen molar-refractivity contribution in [3.05, 3.63) is 71.3 Å². The zero-order valence-electron chi connectivity index (χ0n) is 15.6. The number of hydrogen-bond acceptors (Lipinski definition) is 5. The molecule has 0 radical (unpaired) electrons. The first-order chi connectivity index (χ1) is 13.6. The van der Waals surface area contributed by atoms with Crippen LogP contribution in [0.15, 0.2) is 53.0 Å². The fourth-order valence-electron chi connectivity index (χ4n) is 2.77. The molecule has 0 saturated heterocycles. The van der Waals surface area contributed by atoms with Gasteiger partial charge in [0.1, 0.15) is 29.0 Å². The van der Waals surface area contributed by atoms with Crippen molar-refractivity contribution in [1.29, 1.82) is 5.26 Å². The molecule has 1 aromatic carbocycles. The topological polar surface area (TPSA) is 110 Å². The summed E-state index contributed by atoms with van der Waals surface area (Å²) in [5.41, 5.74) is 7.89. The van der Waals surface area contributed by atoms with Crippen LogP contribution in [-0.2, 0) is 11.2 Å². The highest BCUT2D eigenvalue weighted by molar-refractivity contribution is 5.91. The van der Waals surface area contributed by atoms with Gasteiger partial charge in [0.05, 0.1) is 11.4 Å². The number of hydrogen-bond donors (Lipinski definition) is 2. The van der Waals surface area contributed by atoms with Gasteiger partial charge in [-0.25, -0.2) is 4.68 Å². The average Bonchev–Trinajstić information content (AvgIpc) is 3.26. The van der Waals surface area contributed by atoms with Crippen LogP contribution < -0.4 is 11.1 Å². The summed E-state index contributed by atoms with van der Waals surface area (Å²) in [6.45, 7) is 2.31. The fraction of sp³-hybridized carbons (Fsp3) is 0.190. The van der Waals surface area contributed by atoms with E-state index in [4.69, 9.17) is 10.2 Å². The number of nitrogens with two attached hydrogens (primary N) is 1. The molecule has 7 heteroatoms. The van der Waals surface area contributed by atoms with Gasteiger partial charge in [-0.2, -0.15) is 10.4 Å². The maximum atomic E-state index is 11.9. The molecular weight excluding hydrogens is 354 g/mol. The molecule has 0 unspecified atom stereocenters. The molecule has 0 bridgehead atoms. The van der Waals surface area contributed by atoms with Gasteiger partial charge >= 0.3 is 0 Å². The summed E-state index contributed by atoms with van der Waals surface area (Å²) in [6, 6.07) is 15.2. The van der Waals surface area contributed by atoms with Crippen molar-refractivity contribution >= 4 is 17.8 Å². The average molecular weight is 375 g/mol. The summed E-state index contributed by atoms with van der Waals surface area (Å²) in [5.74, 6) is 1.55. The van der Waals surface area contributed by atoms with Gasteiger partial charge in [0.2, 0.25) is 5.91 Å². The third-order valence-electron chi connectivity index (χ3n) is 4.16. The van der Waals surface area contributed by atoms with Crippen molar-refractivity contribution in [2.45, 2.75) is 19.8 Å². The van der Waals surface area contributed by atoms with Crippen LogP contribution in [0.3, 0.4) is 0 Å². The molecule has 7 nitrogen and oxygen atoms in total. The maximum Gasteiger partial charge on any atom is 0.244 e. The van der Waals surface area contributed by atoms with E-state index in [2.05, 4.69) is 16.5 Å². The van der Waals surface area contributed by atoms with Gasteiger partial charge in [-0.1, -0.05) is 18.2 Å². The van der Waals surface area contributed by atoms with E-state index in [0.29, 0.717) is 42.2 Å². The maximum absolute atomic E-state index is 11.9. The molecule has 0 fully saturated rings. The Bertz CT molecular complexity index is 1020. The second-order valence-corrected chi connectivity index (χ2v) is 6.24. The van der Waals surface area contributed by atoms with E-state index in [9.17, 15) is 10.1 Å². The van der Waals surface area contributed by atoms with Crippen LogP contribution in [0.4, 0.5) is 5.82 Å². The number of anilines is 1. The van der Waals surface area contributed by atoms with Gasteiger partial charge < -0.3 is 15.5 Å². The number of aryl methyl sites for hydroxylation is 2. The number of benzene rings is 1. The molecule has 0 aliphatic carbocycles. The zero-order valence-corrected chi connectivity index (χ0v) is 15.6. The molecule has 3 rings (SSSR count). The quantitative estimate of drug-likeness (QED) is 0.487. The normalized spacial score (nSPS) is 10.9. The van der Waals surface area contributed by atoms with Crippen molar-refractivity contribution in [2.24, 2.45) is 0 Å². The number of aromatic nitrogens is 2. The van der Waals surface area contributed by atoms with Crippen LogP contribution in [-0.4, -0.2) is 22.2 Å². The zero-order chi connectivity index (χ0) is 19.9. The second-order valence-electron chi connectivity index (χ2n) is 6.24. The number of carbonyl (C=O) groups excluding carboxylic acids is 1. The van der Waals surface area contributed by atoms with Crippen LogP contribution >= 0.6 is 0 Å². The van der Waals surface area contributed by atoms with Crippen molar-refractivity contribution in [1.82, 2.24) is 15.1 Å². The molecule has 1 amide bonds. The number of rotatable bonds is 7. The van der Waals surface area contributed by atoms with E-state index in [1.54, 1.807) is 16.8 Å². The minimum Gasteiger partial charge on any atom is -0.462 e. The lowest BCUT2D eigenvalue weighted by Gasteiger charge is -2.02. The molecule has 0 atom stereocenters. The van der Waals surface area contributed by atoms with Gasteiger partial charge in [-0.3, -0.25) is 4.79 Å². The first-order valence-electron chi connectivity index (χ1n) is 8.93. The molecule has 3 N–H and O–H groups in total. The third-order valence-corrected chi connectivity index (χ3v) is 4.16. The van der Waals surface area contributed by atoms with Crippen LogP contribution in [0.25, 0.3) is 11.8 Å². The monoisotopic (exact) mass is 375 g/mol. The van der Waals surface area contributed by atoms with Gasteiger partial charge in [0.25, 0.3) is 0 Å². The summed E-state index contributed by atoms with van der Waals surface area (Å²) < 4.78 is 6.94. The third kappa shape index (κ3) is 4.48. The molecule has 3 aromatic rings.